The van der Waals surface area contributed by atoms with Gasteiger partial charge in [-0.25, -0.2) is 13.2 Å². The van der Waals surface area contributed by atoms with Crippen molar-refractivity contribution in [2.24, 2.45) is 0 Å². The van der Waals surface area contributed by atoms with Crippen LogP contribution in [0.1, 0.15) is 5.82 Å². The molecule has 5 nitrogen and oxygen atoms in total. The van der Waals surface area contributed by atoms with Crippen molar-refractivity contribution in [2.75, 3.05) is 7.05 Å². The van der Waals surface area contributed by atoms with Gasteiger partial charge in [0.2, 0.25) is 0 Å². The van der Waals surface area contributed by atoms with E-state index < -0.39 is 17.5 Å². The average Bonchev–Trinajstić information content (AvgIpc) is 2.72. The third-order valence-corrected chi connectivity index (χ3v) is 2.09. The molecule has 0 saturated heterocycles. The van der Waals surface area contributed by atoms with Crippen molar-refractivity contribution >= 4 is 0 Å². The number of rotatable bonds is 3. The Balaban J connectivity index is 2.52. The fraction of sp³-hybridized carbons (Fsp3) is 0.222. The first-order chi connectivity index (χ1) is 8.13. The SMILES string of the molecule is CNCc1nnnn1-c1cc(F)c(F)cc1F. The van der Waals surface area contributed by atoms with Gasteiger partial charge >= 0.3 is 0 Å². The first-order valence-electron chi connectivity index (χ1n) is 4.70. The van der Waals surface area contributed by atoms with Crippen LogP contribution in [0.5, 0.6) is 0 Å². The number of nitrogens with zero attached hydrogens (tertiary/aromatic N) is 4. The minimum atomic E-state index is -1.26. The van der Waals surface area contributed by atoms with E-state index in [9.17, 15) is 13.2 Å². The summed E-state index contributed by atoms with van der Waals surface area (Å²) in [6, 6.07) is 1.16. The fourth-order valence-corrected chi connectivity index (χ4v) is 1.34. The lowest BCUT2D eigenvalue weighted by molar-refractivity contribution is 0.490. The van der Waals surface area contributed by atoms with Crippen molar-refractivity contribution < 1.29 is 13.2 Å². The Bertz CT molecular complexity index is 539. The van der Waals surface area contributed by atoms with Gasteiger partial charge in [0, 0.05) is 12.1 Å². The van der Waals surface area contributed by atoms with Gasteiger partial charge in [0.05, 0.1) is 6.54 Å². The molecular formula is C9H8F3N5. The Morgan fingerprint density at radius 3 is 2.59 bits per heavy atom. The van der Waals surface area contributed by atoms with Gasteiger partial charge in [-0.1, -0.05) is 0 Å². The summed E-state index contributed by atoms with van der Waals surface area (Å²) in [5.74, 6) is -3.06. The lowest BCUT2D eigenvalue weighted by Gasteiger charge is -2.05. The van der Waals surface area contributed by atoms with Gasteiger partial charge in [-0.3, -0.25) is 0 Å². The van der Waals surface area contributed by atoms with Crippen molar-refractivity contribution in [1.29, 1.82) is 0 Å². The van der Waals surface area contributed by atoms with Gasteiger partial charge in [0.25, 0.3) is 0 Å². The first-order valence-corrected chi connectivity index (χ1v) is 4.70. The third-order valence-electron chi connectivity index (χ3n) is 2.09. The van der Waals surface area contributed by atoms with E-state index in [2.05, 4.69) is 20.8 Å². The topological polar surface area (TPSA) is 55.6 Å². The highest BCUT2D eigenvalue weighted by atomic mass is 19.2. The minimum absolute atomic E-state index is 0.237. The van der Waals surface area contributed by atoms with Crippen LogP contribution in [-0.4, -0.2) is 27.3 Å². The standard InChI is InChI=1S/C9H8F3N5/c1-13-4-9-14-15-16-17(9)8-3-6(11)5(10)2-7(8)12/h2-3,13H,4H2,1H3. The second-order valence-electron chi connectivity index (χ2n) is 3.25. The summed E-state index contributed by atoms with van der Waals surface area (Å²) in [5.41, 5.74) is -0.237. The van der Waals surface area contributed by atoms with Crippen LogP contribution < -0.4 is 5.32 Å². The van der Waals surface area contributed by atoms with Crippen LogP contribution in [0.2, 0.25) is 0 Å². The van der Waals surface area contributed by atoms with Gasteiger partial charge in [0.1, 0.15) is 5.69 Å². The molecule has 90 valence electrons. The number of halogens is 3. The molecule has 2 aromatic rings. The van der Waals surface area contributed by atoms with Crippen molar-refractivity contribution in [3.8, 4) is 5.69 Å². The van der Waals surface area contributed by atoms with Crippen molar-refractivity contribution in [2.45, 2.75) is 6.54 Å². The predicted octanol–water partition coefficient (Wildman–Crippen LogP) is 0.799. The van der Waals surface area contributed by atoms with E-state index >= 15 is 0 Å². The third kappa shape index (κ3) is 2.11. The maximum atomic E-state index is 13.5. The van der Waals surface area contributed by atoms with Crippen LogP contribution in [0.3, 0.4) is 0 Å². The molecule has 0 saturated carbocycles. The summed E-state index contributed by atoms with van der Waals surface area (Å²) in [6.45, 7) is 0.269. The Labute approximate surface area is 94.2 Å². The molecule has 1 aromatic carbocycles. The lowest BCUT2D eigenvalue weighted by atomic mass is 10.3. The molecule has 1 N–H and O–H groups in total. The van der Waals surface area contributed by atoms with Crippen LogP contribution in [0.25, 0.3) is 5.69 Å². The number of aromatic nitrogens is 4. The highest BCUT2D eigenvalue weighted by molar-refractivity contribution is 5.34. The van der Waals surface area contributed by atoms with Crippen molar-refractivity contribution in [3.05, 3.63) is 35.4 Å². The van der Waals surface area contributed by atoms with Gasteiger partial charge in [-0.2, -0.15) is 4.68 Å². The first kappa shape index (κ1) is 11.5. The van der Waals surface area contributed by atoms with Crippen LogP contribution in [0, 0.1) is 17.5 Å². The Hall–Kier alpha value is -1.96. The maximum Gasteiger partial charge on any atom is 0.170 e. The zero-order valence-corrected chi connectivity index (χ0v) is 8.78. The molecule has 0 spiro atoms. The van der Waals surface area contributed by atoms with E-state index in [0.29, 0.717) is 12.1 Å². The smallest absolute Gasteiger partial charge is 0.170 e. The zero-order valence-electron chi connectivity index (χ0n) is 8.78. The van der Waals surface area contributed by atoms with E-state index in [1.165, 1.54) is 0 Å². The highest BCUT2D eigenvalue weighted by Gasteiger charge is 2.15. The number of hydrogen-bond donors (Lipinski definition) is 1. The van der Waals surface area contributed by atoms with Crippen molar-refractivity contribution in [3.63, 3.8) is 0 Å². The van der Waals surface area contributed by atoms with Crippen LogP contribution in [0.4, 0.5) is 13.2 Å². The summed E-state index contributed by atoms with van der Waals surface area (Å²) in [4.78, 5) is 0. The number of hydrogen-bond acceptors (Lipinski definition) is 4. The minimum Gasteiger partial charge on any atom is -0.313 e. The highest BCUT2D eigenvalue weighted by Crippen LogP contribution is 2.17. The summed E-state index contributed by atoms with van der Waals surface area (Å²) < 4.78 is 40.3. The summed E-state index contributed by atoms with van der Waals surface area (Å²) in [6.07, 6.45) is 0. The van der Waals surface area contributed by atoms with Gasteiger partial charge in [-0.15, -0.1) is 5.10 Å². The summed E-state index contributed by atoms with van der Waals surface area (Å²) in [5, 5.41) is 13.3. The average molecular weight is 243 g/mol. The molecule has 17 heavy (non-hydrogen) atoms. The van der Waals surface area contributed by atoms with Crippen LogP contribution >= 0.6 is 0 Å². The molecule has 0 aliphatic rings. The molecule has 8 heteroatoms. The molecule has 0 radical (unpaired) electrons. The molecule has 0 bridgehead atoms. The number of nitrogens with one attached hydrogen (secondary N) is 1. The number of tetrazole rings is 1. The predicted molar refractivity (Wildman–Crippen MR) is 51.8 cm³/mol. The van der Waals surface area contributed by atoms with E-state index in [4.69, 9.17) is 0 Å². The molecular weight excluding hydrogens is 235 g/mol. The maximum absolute atomic E-state index is 13.5. The molecule has 0 unspecified atom stereocenters. The van der Waals surface area contributed by atoms with E-state index in [1.54, 1.807) is 7.05 Å². The molecule has 0 aliphatic carbocycles. The second kappa shape index (κ2) is 4.50. The number of benzene rings is 1. The van der Waals surface area contributed by atoms with E-state index in [1.807, 2.05) is 0 Å². The monoisotopic (exact) mass is 243 g/mol. The molecule has 1 aromatic heterocycles. The van der Waals surface area contributed by atoms with E-state index in [-0.39, 0.29) is 18.1 Å². The Morgan fingerprint density at radius 2 is 1.88 bits per heavy atom. The second-order valence-corrected chi connectivity index (χ2v) is 3.25. The summed E-state index contributed by atoms with van der Waals surface area (Å²) in [7, 11) is 1.65. The molecule has 0 atom stereocenters. The molecule has 1 heterocycles. The van der Waals surface area contributed by atoms with Gasteiger partial charge in [-0.05, 0) is 17.5 Å². The zero-order chi connectivity index (χ0) is 12.4. The van der Waals surface area contributed by atoms with Crippen LogP contribution in [-0.2, 0) is 6.54 Å². The van der Waals surface area contributed by atoms with E-state index in [0.717, 1.165) is 4.68 Å². The van der Waals surface area contributed by atoms with Crippen molar-refractivity contribution in [1.82, 2.24) is 25.5 Å². The normalized spacial score (nSPS) is 10.8. The molecule has 0 amide bonds. The molecule has 0 fully saturated rings. The molecule has 0 aliphatic heterocycles. The summed E-state index contributed by atoms with van der Waals surface area (Å²) >= 11 is 0. The molecule has 2 rings (SSSR count). The quantitative estimate of drug-likeness (QED) is 0.810. The van der Waals surface area contributed by atoms with Gasteiger partial charge in [0.15, 0.2) is 23.3 Å². The Kier molecular flexibility index (Phi) is 3.05. The fourth-order valence-electron chi connectivity index (χ4n) is 1.34. The lowest BCUT2D eigenvalue weighted by Crippen LogP contribution is -2.13. The Morgan fingerprint density at radius 1 is 1.18 bits per heavy atom. The van der Waals surface area contributed by atoms with Crippen LogP contribution in [0.15, 0.2) is 12.1 Å². The largest absolute Gasteiger partial charge is 0.313 e. The van der Waals surface area contributed by atoms with Gasteiger partial charge < -0.3 is 5.32 Å².